The van der Waals surface area contributed by atoms with Crippen LogP contribution in [0.15, 0.2) is 28.9 Å². The molecule has 2 rings (SSSR count). The second-order valence-electron chi connectivity index (χ2n) is 4.17. The molecule has 0 aliphatic rings. The van der Waals surface area contributed by atoms with Gasteiger partial charge in [0.2, 0.25) is 0 Å². The fraction of sp³-hybridized carbons (Fsp3) is 0.308. The van der Waals surface area contributed by atoms with Crippen LogP contribution in [0.1, 0.15) is 30.2 Å². The van der Waals surface area contributed by atoms with Crippen LogP contribution in [-0.4, -0.2) is 10.1 Å². The maximum absolute atomic E-state index is 9.14. The lowest BCUT2D eigenvalue weighted by molar-refractivity contribution is 0.284. The van der Waals surface area contributed by atoms with Crippen molar-refractivity contribution in [1.82, 2.24) is 4.98 Å². The molecule has 1 aromatic carbocycles. The van der Waals surface area contributed by atoms with Crippen molar-refractivity contribution in [3.63, 3.8) is 0 Å². The molecule has 0 unspecified atom stereocenters. The van der Waals surface area contributed by atoms with E-state index in [0.717, 1.165) is 20.1 Å². The lowest BCUT2D eigenvalue weighted by Crippen LogP contribution is -1.86. The number of halogens is 1. The van der Waals surface area contributed by atoms with Crippen LogP contribution in [0.25, 0.3) is 10.6 Å². The number of thiazole rings is 1. The molecular weight excluding hydrogens is 298 g/mol. The van der Waals surface area contributed by atoms with Crippen molar-refractivity contribution in [2.75, 3.05) is 0 Å². The zero-order chi connectivity index (χ0) is 12.4. The van der Waals surface area contributed by atoms with Crippen LogP contribution >= 0.6 is 27.3 Å². The maximum Gasteiger partial charge on any atom is 0.125 e. The molecular formula is C13H14BrNOS. The first kappa shape index (κ1) is 12.7. The summed E-state index contributed by atoms with van der Waals surface area (Å²) in [7, 11) is 0. The zero-order valence-electron chi connectivity index (χ0n) is 9.77. The first-order chi connectivity index (χ1) is 8.11. The Morgan fingerprint density at radius 3 is 2.41 bits per heavy atom. The minimum Gasteiger partial charge on any atom is -0.391 e. The Labute approximate surface area is 113 Å². The van der Waals surface area contributed by atoms with Gasteiger partial charge in [0, 0.05) is 5.56 Å². The summed E-state index contributed by atoms with van der Waals surface area (Å²) in [4.78, 5) is 5.27. The van der Waals surface area contributed by atoms with Crippen LogP contribution in [0.2, 0.25) is 0 Å². The van der Waals surface area contributed by atoms with Crippen molar-refractivity contribution in [2.24, 2.45) is 0 Å². The summed E-state index contributed by atoms with van der Waals surface area (Å²) in [5.74, 6) is 0.542. The van der Waals surface area contributed by atoms with Crippen LogP contribution in [0.4, 0.5) is 0 Å². The quantitative estimate of drug-likeness (QED) is 0.922. The van der Waals surface area contributed by atoms with Crippen molar-refractivity contribution in [1.29, 1.82) is 0 Å². The minimum atomic E-state index is 0.0301. The van der Waals surface area contributed by atoms with E-state index in [2.05, 4.69) is 59.0 Å². The monoisotopic (exact) mass is 311 g/mol. The average Bonchev–Trinajstić information content (AvgIpc) is 2.70. The Kier molecular flexibility index (Phi) is 3.97. The van der Waals surface area contributed by atoms with Gasteiger partial charge in [-0.2, -0.15) is 0 Å². The predicted molar refractivity (Wildman–Crippen MR) is 75.3 cm³/mol. The van der Waals surface area contributed by atoms with E-state index in [-0.39, 0.29) is 6.61 Å². The highest BCUT2D eigenvalue weighted by Crippen LogP contribution is 2.31. The molecule has 1 N–H and O–H groups in total. The van der Waals surface area contributed by atoms with Gasteiger partial charge in [-0.15, -0.1) is 11.3 Å². The number of aliphatic hydroxyl groups is 1. The summed E-state index contributed by atoms with van der Waals surface area (Å²) >= 11 is 4.87. The fourth-order valence-corrected chi connectivity index (χ4v) is 3.05. The van der Waals surface area contributed by atoms with Gasteiger partial charge in [0.05, 0.1) is 11.5 Å². The van der Waals surface area contributed by atoms with Gasteiger partial charge in [-0.05, 0) is 27.4 Å². The molecule has 0 atom stereocenters. The van der Waals surface area contributed by atoms with Crippen molar-refractivity contribution in [2.45, 2.75) is 26.4 Å². The molecule has 0 spiro atoms. The third kappa shape index (κ3) is 2.76. The lowest BCUT2D eigenvalue weighted by atomic mass is 10.0. The largest absolute Gasteiger partial charge is 0.391 e. The molecule has 1 heterocycles. The molecule has 0 amide bonds. The zero-order valence-corrected chi connectivity index (χ0v) is 12.2. The van der Waals surface area contributed by atoms with Crippen LogP contribution in [0, 0.1) is 0 Å². The number of rotatable bonds is 3. The molecule has 2 nitrogen and oxygen atoms in total. The highest BCUT2D eigenvalue weighted by molar-refractivity contribution is 9.10. The van der Waals surface area contributed by atoms with Gasteiger partial charge in [0.15, 0.2) is 0 Å². The van der Waals surface area contributed by atoms with Crippen molar-refractivity contribution < 1.29 is 5.11 Å². The Morgan fingerprint density at radius 2 is 1.94 bits per heavy atom. The van der Waals surface area contributed by atoms with Crippen molar-refractivity contribution in [3.05, 3.63) is 39.3 Å². The molecule has 0 aliphatic carbocycles. The molecule has 0 saturated carbocycles. The molecule has 0 aliphatic heterocycles. The van der Waals surface area contributed by atoms with Crippen LogP contribution in [0.5, 0.6) is 0 Å². The van der Waals surface area contributed by atoms with E-state index in [9.17, 15) is 0 Å². The van der Waals surface area contributed by atoms with Crippen LogP contribution in [-0.2, 0) is 6.61 Å². The summed E-state index contributed by atoms with van der Waals surface area (Å²) in [6.45, 7) is 4.39. The fourth-order valence-electron chi connectivity index (χ4n) is 1.56. The topological polar surface area (TPSA) is 33.1 Å². The molecule has 1 aromatic heterocycles. The summed E-state index contributed by atoms with van der Waals surface area (Å²) in [6, 6.07) is 8.44. The Hall–Kier alpha value is -0.710. The third-order valence-corrected chi connectivity index (χ3v) is 4.63. The Balaban J connectivity index is 2.33. The van der Waals surface area contributed by atoms with Gasteiger partial charge in [-0.1, -0.05) is 38.1 Å². The molecule has 0 fully saturated rings. The molecule has 90 valence electrons. The van der Waals surface area contributed by atoms with E-state index in [0.29, 0.717) is 5.92 Å². The van der Waals surface area contributed by atoms with Gasteiger partial charge < -0.3 is 5.11 Å². The van der Waals surface area contributed by atoms with Gasteiger partial charge in [0.1, 0.15) is 9.61 Å². The summed E-state index contributed by atoms with van der Waals surface area (Å²) in [5, 5.41) is 10.1. The summed E-state index contributed by atoms with van der Waals surface area (Å²) in [5.41, 5.74) is 2.42. The second kappa shape index (κ2) is 5.29. The van der Waals surface area contributed by atoms with Crippen LogP contribution in [0.3, 0.4) is 0 Å². The van der Waals surface area contributed by atoms with E-state index in [4.69, 9.17) is 5.11 Å². The SMILES string of the molecule is CC(C)c1ccc(-c2nc(Br)c(CO)s2)cc1. The second-order valence-corrected chi connectivity index (χ2v) is 6.00. The number of aromatic nitrogens is 1. The van der Waals surface area contributed by atoms with E-state index >= 15 is 0 Å². The standard InChI is InChI=1S/C13H14BrNOS/c1-8(2)9-3-5-10(6-4-9)13-15-12(14)11(7-16)17-13/h3-6,8,16H,7H2,1-2H3. The Morgan fingerprint density at radius 1 is 1.29 bits per heavy atom. The predicted octanol–water partition coefficient (Wildman–Crippen LogP) is 4.19. The highest BCUT2D eigenvalue weighted by atomic mass is 79.9. The van der Waals surface area contributed by atoms with Crippen molar-refractivity contribution >= 4 is 27.3 Å². The lowest BCUT2D eigenvalue weighted by Gasteiger charge is -2.05. The first-order valence-corrected chi connectivity index (χ1v) is 7.09. The number of hydrogen-bond acceptors (Lipinski definition) is 3. The number of hydrogen-bond donors (Lipinski definition) is 1. The molecule has 4 heteroatoms. The van der Waals surface area contributed by atoms with Crippen LogP contribution < -0.4 is 0 Å². The number of aliphatic hydroxyl groups excluding tert-OH is 1. The van der Waals surface area contributed by atoms with Gasteiger partial charge in [0.25, 0.3) is 0 Å². The maximum atomic E-state index is 9.14. The summed E-state index contributed by atoms with van der Waals surface area (Å²) < 4.78 is 0.743. The van der Waals surface area contributed by atoms with Crippen molar-refractivity contribution in [3.8, 4) is 10.6 Å². The highest BCUT2D eigenvalue weighted by Gasteiger charge is 2.09. The van der Waals surface area contributed by atoms with Gasteiger partial charge >= 0.3 is 0 Å². The molecule has 17 heavy (non-hydrogen) atoms. The molecule has 2 aromatic rings. The molecule has 0 bridgehead atoms. The first-order valence-electron chi connectivity index (χ1n) is 5.48. The van der Waals surface area contributed by atoms with Gasteiger partial charge in [-0.3, -0.25) is 0 Å². The average molecular weight is 312 g/mol. The van der Waals surface area contributed by atoms with E-state index in [1.807, 2.05) is 0 Å². The van der Waals surface area contributed by atoms with E-state index < -0.39 is 0 Å². The molecule has 0 saturated heterocycles. The van der Waals surface area contributed by atoms with Gasteiger partial charge in [-0.25, -0.2) is 4.98 Å². The summed E-state index contributed by atoms with van der Waals surface area (Å²) in [6.07, 6.45) is 0. The minimum absolute atomic E-state index is 0.0301. The normalized spacial score (nSPS) is 11.1. The number of nitrogens with zero attached hydrogens (tertiary/aromatic N) is 1. The van der Waals surface area contributed by atoms with E-state index in [1.165, 1.54) is 16.9 Å². The third-order valence-electron chi connectivity index (χ3n) is 2.62. The van der Waals surface area contributed by atoms with E-state index in [1.54, 1.807) is 0 Å². The number of benzene rings is 1. The smallest absolute Gasteiger partial charge is 0.125 e. The molecule has 0 radical (unpaired) electrons. The Bertz CT molecular complexity index is 505.